The topological polar surface area (TPSA) is 29.1 Å². The van der Waals surface area contributed by atoms with Crippen molar-refractivity contribution in [3.8, 4) is 0 Å². The molecule has 1 amide bonds. The second kappa shape index (κ2) is 6.15. The monoisotopic (exact) mass is 329 g/mol. The summed E-state index contributed by atoms with van der Waals surface area (Å²) < 4.78 is 0. The Kier molecular flexibility index (Phi) is 4.97. The maximum Gasteiger partial charge on any atom is 0.226 e. The van der Waals surface area contributed by atoms with Crippen molar-refractivity contribution in [1.29, 1.82) is 0 Å². The number of amides is 1. The zero-order valence-corrected chi connectivity index (χ0v) is 14.0. The highest BCUT2D eigenvalue weighted by atomic mass is 79.9. The molecule has 1 N–H and O–H groups in total. The lowest BCUT2D eigenvalue weighted by Gasteiger charge is -2.36. The van der Waals surface area contributed by atoms with Gasteiger partial charge in [0.25, 0.3) is 0 Å². The van der Waals surface area contributed by atoms with Crippen LogP contribution in [0.15, 0.2) is 0 Å². The van der Waals surface area contributed by atoms with E-state index in [1.54, 1.807) is 0 Å². The number of halogens is 1. The smallest absolute Gasteiger partial charge is 0.226 e. The number of nitrogens with one attached hydrogen (secondary N) is 1. The van der Waals surface area contributed by atoms with E-state index >= 15 is 0 Å². The molecule has 0 atom stereocenters. The van der Waals surface area contributed by atoms with Crippen LogP contribution in [-0.2, 0) is 4.79 Å². The van der Waals surface area contributed by atoms with Gasteiger partial charge in [-0.05, 0) is 38.0 Å². The first kappa shape index (κ1) is 15.3. The lowest BCUT2D eigenvalue weighted by molar-refractivity contribution is -0.133. The summed E-state index contributed by atoms with van der Waals surface area (Å²) in [7, 11) is 0. The lowest BCUT2D eigenvalue weighted by Crippen LogP contribution is -2.53. The molecule has 2 aliphatic carbocycles. The largest absolute Gasteiger partial charge is 0.349 e. The van der Waals surface area contributed by atoms with E-state index in [1.165, 1.54) is 25.7 Å². The van der Waals surface area contributed by atoms with Crippen molar-refractivity contribution in [2.75, 3.05) is 5.33 Å². The summed E-state index contributed by atoms with van der Waals surface area (Å²) in [4.78, 5) is 12.9. The van der Waals surface area contributed by atoms with Gasteiger partial charge in [-0.15, -0.1) is 0 Å². The van der Waals surface area contributed by atoms with Gasteiger partial charge in [-0.2, -0.15) is 0 Å². The molecule has 110 valence electrons. The van der Waals surface area contributed by atoms with Gasteiger partial charge in [0, 0.05) is 16.3 Å². The van der Waals surface area contributed by atoms with E-state index in [-0.39, 0.29) is 11.0 Å². The molecular weight excluding hydrogens is 302 g/mol. The molecule has 2 fully saturated rings. The van der Waals surface area contributed by atoms with Crippen LogP contribution in [0.2, 0.25) is 0 Å². The normalized spacial score (nSPS) is 24.8. The van der Waals surface area contributed by atoms with E-state index in [4.69, 9.17) is 0 Å². The van der Waals surface area contributed by atoms with Crippen LogP contribution < -0.4 is 5.32 Å². The Bertz CT molecular complexity index is 315. The standard InChI is InChI=1S/C16H28BrNO/c1-13(2)11-15(7-3-4-8-15)14(19)18-16(12-17)9-5-6-10-16/h13H,3-12H2,1-2H3,(H,18,19). The number of rotatable bonds is 5. The average molecular weight is 330 g/mol. The SMILES string of the molecule is CC(C)CC1(C(=O)NC2(CBr)CCCC2)CCCC1. The van der Waals surface area contributed by atoms with Crippen molar-refractivity contribution in [1.82, 2.24) is 5.32 Å². The van der Waals surface area contributed by atoms with Crippen LogP contribution in [0.4, 0.5) is 0 Å². The summed E-state index contributed by atoms with van der Waals surface area (Å²) in [5, 5.41) is 4.35. The van der Waals surface area contributed by atoms with E-state index in [1.807, 2.05) is 0 Å². The molecule has 19 heavy (non-hydrogen) atoms. The van der Waals surface area contributed by atoms with Gasteiger partial charge in [-0.3, -0.25) is 4.79 Å². The predicted octanol–water partition coefficient (Wildman–Crippen LogP) is 4.42. The van der Waals surface area contributed by atoms with Gasteiger partial charge in [0.1, 0.15) is 0 Å². The first-order valence-electron chi connectivity index (χ1n) is 7.91. The minimum absolute atomic E-state index is 0.0453. The molecule has 0 heterocycles. The van der Waals surface area contributed by atoms with Gasteiger partial charge >= 0.3 is 0 Å². The highest BCUT2D eigenvalue weighted by Crippen LogP contribution is 2.44. The molecule has 2 nitrogen and oxygen atoms in total. The molecule has 0 bridgehead atoms. The summed E-state index contributed by atoms with van der Waals surface area (Å²) in [6.45, 7) is 4.48. The van der Waals surface area contributed by atoms with Gasteiger partial charge < -0.3 is 5.32 Å². The molecule has 2 rings (SSSR count). The highest BCUT2D eigenvalue weighted by Gasteiger charge is 2.45. The fourth-order valence-electron chi connectivity index (χ4n) is 4.07. The number of carbonyl (C=O) groups excluding carboxylic acids is 1. The van der Waals surface area contributed by atoms with Crippen LogP contribution in [0.1, 0.15) is 71.6 Å². The molecule has 0 aromatic rings. The van der Waals surface area contributed by atoms with E-state index < -0.39 is 0 Å². The molecule has 0 aromatic heterocycles. The van der Waals surface area contributed by atoms with Crippen molar-refractivity contribution in [2.24, 2.45) is 11.3 Å². The van der Waals surface area contributed by atoms with E-state index in [0.29, 0.717) is 11.8 Å². The van der Waals surface area contributed by atoms with Crippen LogP contribution in [-0.4, -0.2) is 16.8 Å². The number of hydrogen-bond acceptors (Lipinski definition) is 1. The third-order valence-electron chi connectivity index (χ3n) is 5.04. The first-order valence-corrected chi connectivity index (χ1v) is 9.03. The van der Waals surface area contributed by atoms with Gasteiger partial charge in [-0.1, -0.05) is 55.5 Å². The predicted molar refractivity (Wildman–Crippen MR) is 83.5 cm³/mol. The lowest BCUT2D eigenvalue weighted by atomic mass is 9.77. The van der Waals surface area contributed by atoms with Gasteiger partial charge in [0.2, 0.25) is 5.91 Å². The summed E-state index contributed by atoms with van der Waals surface area (Å²) in [5.41, 5.74) is -0.0183. The minimum atomic E-state index is -0.0636. The second-order valence-electron chi connectivity index (χ2n) is 7.16. The highest BCUT2D eigenvalue weighted by molar-refractivity contribution is 9.09. The van der Waals surface area contributed by atoms with Crippen LogP contribution in [0.25, 0.3) is 0 Å². The van der Waals surface area contributed by atoms with Crippen molar-refractivity contribution in [2.45, 2.75) is 77.2 Å². The summed E-state index contributed by atoms with van der Waals surface area (Å²) >= 11 is 3.62. The van der Waals surface area contributed by atoms with Gasteiger partial charge in [-0.25, -0.2) is 0 Å². The number of carbonyl (C=O) groups is 1. The summed E-state index contributed by atoms with van der Waals surface area (Å²) in [5.74, 6) is 0.951. The van der Waals surface area contributed by atoms with Crippen LogP contribution in [0.3, 0.4) is 0 Å². The van der Waals surface area contributed by atoms with E-state index in [2.05, 4.69) is 35.1 Å². The Labute approximate surface area is 126 Å². The molecule has 0 aliphatic heterocycles. The first-order chi connectivity index (χ1) is 9.02. The third-order valence-corrected chi connectivity index (χ3v) is 6.11. The van der Waals surface area contributed by atoms with Crippen LogP contribution >= 0.6 is 15.9 Å². The Balaban J connectivity index is 2.07. The Morgan fingerprint density at radius 2 is 1.63 bits per heavy atom. The van der Waals surface area contributed by atoms with Crippen LogP contribution in [0, 0.1) is 11.3 Å². The molecule has 3 heteroatoms. The fraction of sp³-hybridized carbons (Fsp3) is 0.938. The van der Waals surface area contributed by atoms with Crippen LogP contribution in [0.5, 0.6) is 0 Å². The van der Waals surface area contributed by atoms with E-state index in [0.717, 1.165) is 37.4 Å². The Hall–Kier alpha value is -0.0500. The quantitative estimate of drug-likeness (QED) is 0.743. The Morgan fingerprint density at radius 3 is 2.11 bits per heavy atom. The van der Waals surface area contributed by atoms with Gasteiger partial charge in [0.15, 0.2) is 0 Å². The fourth-order valence-corrected chi connectivity index (χ4v) is 4.78. The number of alkyl halides is 1. The second-order valence-corrected chi connectivity index (χ2v) is 7.72. The molecular formula is C16H28BrNO. The van der Waals surface area contributed by atoms with Crippen molar-refractivity contribution in [3.05, 3.63) is 0 Å². The van der Waals surface area contributed by atoms with Crippen molar-refractivity contribution < 1.29 is 4.79 Å². The van der Waals surface area contributed by atoms with Crippen molar-refractivity contribution >= 4 is 21.8 Å². The minimum Gasteiger partial charge on any atom is -0.349 e. The molecule has 0 saturated heterocycles. The maximum absolute atomic E-state index is 12.9. The van der Waals surface area contributed by atoms with Gasteiger partial charge in [0.05, 0.1) is 0 Å². The summed E-state index contributed by atoms with van der Waals surface area (Å²) in [6.07, 6.45) is 10.5. The third kappa shape index (κ3) is 3.34. The molecule has 2 saturated carbocycles. The molecule has 2 aliphatic rings. The average Bonchev–Trinajstić information content (AvgIpc) is 2.99. The Morgan fingerprint density at radius 1 is 1.11 bits per heavy atom. The zero-order chi connectivity index (χ0) is 13.9. The van der Waals surface area contributed by atoms with Crippen molar-refractivity contribution in [3.63, 3.8) is 0 Å². The maximum atomic E-state index is 12.9. The molecule has 0 spiro atoms. The molecule has 0 radical (unpaired) electrons. The number of hydrogen-bond donors (Lipinski definition) is 1. The molecule has 0 unspecified atom stereocenters. The molecule has 0 aromatic carbocycles. The van der Waals surface area contributed by atoms with E-state index in [9.17, 15) is 4.79 Å². The zero-order valence-electron chi connectivity index (χ0n) is 12.4. The summed E-state index contributed by atoms with van der Waals surface area (Å²) in [6, 6.07) is 0.